The molecule has 0 radical (unpaired) electrons. The molecule has 0 aromatic carbocycles. The minimum Gasteiger partial charge on any atom is -0.343 e. The molecule has 0 spiro atoms. The van der Waals surface area contributed by atoms with Gasteiger partial charge in [0.25, 0.3) is 0 Å². The van der Waals surface area contributed by atoms with E-state index in [2.05, 4.69) is 10.3 Å². The third-order valence-electron chi connectivity index (χ3n) is 2.83. The van der Waals surface area contributed by atoms with Crippen LogP contribution in [-0.2, 0) is 16.1 Å². The highest BCUT2D eigenvalue weighted by Gasteiger charge is 2.35. The van der Waals surface area contributed by atoms with Crippen LogP contribution in [0.25, 0.3) is 0 Å². The van der Waals surface area contributed by atoms with Crippen molar-refractivity contribution >= 4 is 23.2 Å². The predicted molar refractivity (Wildman–Crippen MR) is 64.5 cm³/mol. The molecule has 17 heavy (non-hydrogen) atoms. The summed E-state index contributed by atoms with van der Waals surface area (Å²) in [4.78, 5) is 30.5. The molecule has 1 aromatic heterocycles. The molecule has 0 bridgehead atoms. The first-order valence-corrected chi connectivity index (χ1v) is 6.33. The fourth-order valence-electron chi connectivity index (χ4n) is 1.81. The van der Waals surface area contributed by atoms with E-state index >= 15 is 0 Å². The van der Waals surface area contributed by atoms with Crippen LogP contribution in [0.4, 0.5) is 0 Å². The van der Waals surface area contributed by atoms with Crippen molar-refractivity contribution in [3.63, 3.8) is 0 Å². The van der Waals surface area contributed by atoms with Gasteiger partial charge in [0.15, 0.2) is 0 Å². The van der Waals surface area contributed by atoms with Crippen LogP contribution in [0.2, 0.25) is 0 Å². The molecule has 2 atom stereocenters. The zero-order chi connectivity index (χ0) is 12.6. The van der Waals surface area contributed by atoms with E-state index in [1.165, 1.54) is 0 Å². The van der Waals surface area contributed by atoms with Crippen LogP contribution in [0.1, 0.15) is 23.7 Å². The van der Waals surface area contributed by atoms with Crippen LogP contribution in [0.15, 0.2) is 6.20 Å². The molecule has 92 valence electrons. The lowest BCUT2D eigenvalue weighted by Gasteiger charge is -2.35. The van der Waals surface area contributed by atoms with E-state index in [4.69, 9.17) is 0 Å². The number of carbonyl (C=O) groups excluding carboxylic acids is 2. The van der Waals surface area contributed by atoms with Crippen LogP contribution >= 0.6 is 11.3 Å². The van der Waals surface area contributed by atoms with E-state index in [9.17, 15) is 9.59 Å². The molecule has 0 saturated carbocycles. The van der Waals surface area contributed by atoms with E-state index < -0.39 is 12.1 Å². The number of hydrogen-bond donors (Lipinski definition) is 1. The number of nitrogens with one attached hydrogen (secondary N) is 1. The Morgan fingerprint density at radius 2 is 2.18 bits per heavy atom. The van der Waals surface area contributed by atoms with Crippen molar-refractivity contribution in [2.75, 3.05) is 0 Å². The summed E-state index contributed by atoms with van der Waals surface area (Å²) in [5.74, 6) is -0.157. The third-order valence-corrected chi connectivity index (χ3v) is 3.73. The van der Waals surface area contributed by atoms with Crippen LogP contribution in [-0.4, -0.2) is 33.8 Å². The van der Waals surface area contributed by atoms with Gasteiger partial charge in [-0.15, -0.1) is 11.3 Å². The SMILES string of the molecule is Cc1cnc(CN2C(=O)C(C)NC(=O)C2C)s1. The van der Waals surface area contributed by atoms with E-state index in [1.807, 2.05) is 6.92 Å². The highest BCUT2D eigenvalue weighted by Crippen LogP contribution is 2.18. The number of thiazole rings is 1. The number of nitrogens with zero attached hydrogens (tertiary/aromatic N) is 2. The maximum Gasteiger partial charge on any atom is 0.245 e. The van der Waals surface area contributed by atoms with Crippen molar-refractivity contribution in [2.24, 2.45) is 0 Å². The maximum absolute atomic E-state index is 12.0. The Labute approximate surface area is 104 Å². The largest absolute Gasteiger partial charge is 0.343 e. The van der Waals surface area contributed by atoms with Gasteiger partial charge in [0.1, 0.15) is 17.1 Å². The van der Waals surface area contributed by atoms with Crippen molar-refractivity contribution in [1.82, 2.24) is 15.2 Å². The fourth-order valence-corrected chi connectivity index (χ4v) is 2.60. The van der Waals surface area contributed by atoms with Gasteiger partial charge < -0.3 is 10.2 Å². The smallest absolute Gasteiger partial charge is 0.245 e. The average Bonchev–Trinajstić information content (AvgIpc) is 2.68. The molecule has 0 aliphatic carbocycles. The normalized spacial score (nSPS) is 25.0. The fraction of sp³-hybridized carbons (Fsp3) is 0.545. The van der Waals surface area contributed by atoms with Gasteiger partial charge in [-0.3, -0.25) is 9.59 Å². The molecule has 1 aliphatic rings. The first-order chi connectivity index (χ1) is 7.99. The molecule has 2 amide bonds. The van der Waals surface area contributed by atoms with Crippen LogP contribution in [0, 0.1) is 6.92 Å². The number of hydrogen-bond acceptors (Lipinski definition) is 4. The molecular formula is C11H15N3O2S. The Hall–Kier alpha value is -1.43. The number of aryl methyl sites for hydroxylation is 1. The first-order valence-electron chi connectivity index (χ1n) is 5.51. The maximum atomic E-state index is 12.0. The molecule has 2 rings (SSSR count). The molecule has 1 N–H and O–H groups in total. The van der Waals surface area contributed by atoms with Crippen molar-refractivity contribution in [3.05, 3.63) is 16.1 Å². The molecule has 6 heteroatoms. The summed E-state index contributed by atoms with van der Waals surface area (Å²) in [5.41, 5.74) is 0. The minimum atomic E-state index is -0.445. The summed E-state index contributed by atoms with van der Waals surface area (Å²) >= 11 is 1.55. The predicted octanol–water partition coefficient (Wildman–Crippen LogP) is 0.687. The summed E-state index contributed by atoms with van der Waals surface area (Å²) in [7, 11) is 0. The van der Waals surface area contributed by atoms with Gasteiger partial charge >= 0.3 is 0 Å². The molecular weight excluding hydrogens is 238 g/mol. The van der Waals surface area contributed by atoms with Gasteiger partial charge in [0.2, 0.25) is 11.8 Å². The summed E-state index contributed by atoms with van der Waals surface area (Å²) in [5, 5.41) is 3.52. The number of piperazine rings is 1. The zero-order valence-corrected chi connectivity index (χ0v) is 10.9. The van der Waals surface area contributed by atoms with Gasteiger partial charge in [0.05, 0.1) is 6.54 Å². The Morgan fingerprint density at radius 1 is 1.47 bits per heavy atom. The van der Waals surface area contributed by atoms with E-state index in [1.54, 1.807) is 36.3 Å². The molecule has 1 saturated heterocycles. The zero-order valence-electron chi connectivity index (χ0n) is 10.1. The monoisotopic (exact) mass is 253 g/mol. The summed E-state index contributed by atoms with van der Waals surface area (Å²) in [6.45, 7) is 5.82. The van der Waals surface area contributed by atoms with Gasteiger partial charge in [0, 0.05) is 11.1 Å². The first kappa shape index (κ1) is 12.0. The van der Waals surface area contributed by atoms with Gasteiger partial charge in [-0.25, -0.2) is 4.98 Å². The average molecular weight is 253 g/mol. The second-order valence-electron chi connectivity index (χ2n) is 4.24. The van der Waals surface area contributed by atoms with Crippen molar-refractivity contribution in [2.45, 2.75) is 39.4 Å². The Bertz CT molecular complexity index is 457. The molecule has 1 fully saturated rings. The number of rotatable bonds is 2. The quantitative estimate of drug-likeness (QED) is 0.843. The highest BCUT2D eigenvalue weighted by atomic mass is 32.1. The second kappa shape index (κ2) is 4.44. The number of aromatic nitrogens is 1. The van der Waals surface area contributed by atoms with E-state index in [0.29, 0.717) is 6.54 Å². The standard InChI is InChI=1S/C11H15N3O2S/c1-6-4-12-9(17-6)5-14-8(3)10(15)13-7(2)11(14)16/h4,7-8H,5H2,1-3H3,(H,13,15). The van der Waals surface area contributed by atoms with Gasteiger partial charge in [-0.05, 0) is 20.8 Å². The summed E-state index contributed by atoms with van der Waals surface area (Å²) < 4.78 is 0. The van der Waals surface area contributed by atoms with Crippen LogP contribution in [0.5, 0.6) is 0 Å². The third kappa shape index (κ3) is 2.31. The van der Waals surface area contributed by atoms with Gasteiger partial charge in [-0.1, -0.05) is 0 Å². The van der Waals surface area contributed by atoms with E-state index in [-0.39, 0.29) is 11.8 Å². The van der Waals surface area contributed by atoms with Crippen molar-refractivity contribution in [3.8, 4) is 0 Å². The van der Waals surface area contributed by atoms with Crippen molar-refractivity contribution < 1.29 is 9.59 Å². The second-order valence-corrected chi connectivity index (χ2v) is 5.56. The topological polar surface area (TPSA) is 62.3 Å². The lowest BCUT2D eigenvalue weighted by atomic mass is 10.1. The lowest BCUT2D eigenvalue weighted by molar-refractivity contribution is -0.148. The Morgan fingerprint density at radius 3 is 2.76 bits per heavy atom. The van der Waals surface area contributed by atoms with Gasteiger partial charge in [-0.2, -0.15) is 0 Å². The lowest BCUT2D eigenvalue weighted by Crippen LogP contribution is -2.60. The summed E-state index contributed by atoms with van der Waals surface area (Å²) in [6, 6.07) is -0.873. The van der Waals surface area contributed by atoms with E-state index in [0.717, 1.165) is 9.88 Å². The Kier molecular flexibility index (Phi) is 3.15. The molecule has 2 heterocycles. The molecule has 1 aromatic rings. The van der Waals surface area contributed by atoms with Crippen LogP contribution in [0.3, 0.4) is 0 Å². The number of amides is 2. The highest BCUT2D eigenvalue weighted by molar-refractivity contribution is 7.11. The summed E-state index contributed by atoms with van der Waals surface area (Å²) in [6.07, 6.45) is 1.78. The van der Waals surface area contributed by atoms with Crippen LogP contribution < -0.4 is 5.32 Å². The molecule has 2 unspecified atom stereocenters. The van der Waals surface area contributed by atoms with Crippen molar-refractivity contribution in [1.29, 1.82) is 0 Å². The molecule has 5 nitrogen and oxygen atoms in total. The number of carbonyl (C=O) groups is 2. The minimum absolute atomic E-state index is 0.0510. The molecule has 1 aliphatic heterocycles. The Balaban J connectivity index is 2.17.